The normalized spacial score (nSPS) is 12.5. The highest BCUT2D eigenvalue weighted by Gasteiger charge is 2.15. The second kappa shape index (κ2) is 4.55. The molecule has 1 unspecified atom stereocenters. The van der Waals surface area contributed by atoms with Gasteiger partial charge in [-0.05, 0) is 23.8 Å². The summed E-state index contributed by atoms with van der Waals surface area (Å²) in [4.78, 5) is 0. The highest BCUT2D eigenvalue weighted by atomic mass is 19.1. The van der Waals surface area contributed by atoms with Crippen LogP contribution in [0, 0.1) is 5.82 Å². The topological polar surface area (TPSA) is 47.3 Å². The van der Waals surface area contributed by atoms with Crippen LogP contribution in [0.5, 0.6) is 5.75 Å². The van der Waals surface area contributed by atoms with E-state index in [9.17, 15) is 9.50 Å². The molecule has 0 radical (unpaired) electrons. The van der Waals surface area contributed by atoms with Gasteiger partial charge in [0.15, 0.2) is 11.6 Å². The van der Waals surface area contributed by atoms with Gasteiger partial charge in [0.2, 0.25) is 0 Å². The van der Waals surface area contributed by atoms with Crippen molar-refractivity contribution < 1.29 is 14.2 Å². The zero-order valence-corrected chi connectivity index (χ0v) is 9.59. The Labute approximate surface area is 98.3 Å². The van der Waals surface area contributed by atoms with Crippen LogP contribution in [0.15, 0.2) is 30.5 Å². The first-order valence-corrected chi connectivity index (χ1v) is 5.13. The molecule has 0 aliphatic rings. The van der Waals surface area contributed by atoms with Gasteiger partial charge in [0, 0.05) is 13.2 Å². The molecule has 0 bridgehead atoms. The molecule has 1 aromatic heterocycles. The number of hydrogen-bond donors (Lipinski definition) is 1. The van der Waals surface area contributed by atoms with Crippen LogP contribution in [0.4, 0.5) is 4.39 Å². The lowest BCUT2D eigenvalue weighted by atomic mass is 10.1. The van der Waals surface area contributed by atoms with E-state index in [2.05, 4.69) is 5.10 Å². The Hall–Kier alpha value is -1.88. The summed E-state index contributed by atoms with van der Waals surface area (Å²) < 4.78 is 19.9. The summed E-state index contributed by atoms with van der Waals surface area (Å²) in [6.07, 6.45) is 0.682. The quantitative estimate of drug-likeness (QED) is 0.881. The molecule has 0 saturated heterocycles. The van der Waals surface area contributed by atoms with Crippen LogP contribution in [-0.4, -0.2) is 22.0 Å². The smallest absolute Gasteiger partial charge is 0.165 e. The molecule has 0 saturated carbocycles. The summed E-state index contributed by atoms with van der Waals surface area (Å²) in [6.45, 7) is 0. The van der Waals surface area contributed by atoms with Gasteiger partial charge in [-0.15, -0.1) is 0 Å². The number of ether oxygens (including phenoxy) is 1. The van der Waals surface area contributed by atoms with E-state index >= 15 is 0 Å². The number of rotatable bonds is 3. The van der Waals surface area contributed by atoms with E-state index in [0.29, 0.717) is 11.3 Å². The summed E-state index contributed by atoms with van der Waals surface area (Å²) in [5.41, 5.74) is 1.07. The van der Waals surface area contributed by atoms with Crippen molar-refractivity contribution in [1.29, 1.82) is 0 Å². The maximum atomic E-state index is 13.5. The molecule has 4 nitrogen and oxygen atoms in total. The van der Waals surface area contributed by atoms with E-state index in [1.807, 2.05) is 0 Å². The van der Waals surface area contributed by atoms with E-state index in [4.69, 9.17) is 4.74 Å². The molecule has 1 N–H and O–H groups in total. The van der Waals surface area contributed by atoms with Crippen LogP contribution in [0.3, 0.4) is 0 Å². The number of aliphatic hydroxyl groups excluding tert-OH is 1. The number of hydrogen-bond acceptors (Lipinski definition) is 3. The molecular weight excluding hydrogens is 223 g/mol. The second-order valence-electron chi connectivity index (χ2n) is 3.68. The van der Waals surface area contributed by atoms with Crippen molar-refractivity contribution in [2.75, 3.05) is 7.11 Å². The molecule has 17 heavy (non-hydrogen) atoms. The van der Waals surface area contributed by atoms with Gasteiger partial charge in [-0.1, -0.05) is 6.07 Å². The van der Waals surface area contributed by atoms with Crippen molar-refractivity contribution >= 4 is 0 Å². The standard InChI is InChI=1S/C12H13FN2O2/c1-15-10(5-6-14-15)12(16)8-3-4-11(17-2)9(13)7-8/h3-7,12,16H,1-2H3. The van der Waals surface area contributed by atoms with Gasteiger partial charge in [0.05, 0.1) is 12.8 Å². The maximum Gasteiger partial charge on any atom is 0.165 e. The Balaban J connectivity index is 2.35. The number of nitrogens with zero attached hydrogens (tertiary/aromatic N) is 2. The lowest BCUT2D eigenvalue weighted by molar-refractivity contribution is 0.209. The zero-order valence-electron chi connectivity index (χ0n) is 9.59. The first kappa shape index (κ1) is 11.6. The van der Waals surface area contributed by atoms with Crippen LogP contribution in [0.2, 0.25) is 0 Å². The van der Waals surface area contributed by atoms with Crippen LogP contribution in [-0.2, 0) is 7.05 Å². The fraction of sp³-hybridized carbons (Fsp3) is 0.250. The van der Waals surface area contributed by atoms with Crippen LogP contribution < -0.4 is 4.74 Å². The Morgan fingerprint density at radius 3 is 2.71 bits per heavy atom. The third kappa shape index (κ3) is 2.14. The summed E-state index contributed by atoms with van der Waals surface area (Å²) >= 11 is 0. The molecule has 0 spiro atoms. The molecule has 2 rings (SSSR count). The molecule has 5 heteroatoms. The minimum atomic E-state index is -0.900. The van der Waals surface area contributed by atoms with E-state index in [0.717, 1.165) is 0 Å². The van der Waals surface area contributed by atoms with Crippen molar-refractivity contribution in [1.82, 2.24) is 9.78 Å². The molecule has 1 aromatic carbocycles. The van der Waals surface area contributed by atoms with Crippen molar-refractivity contribution in [2.24, 2.45) is 7.05 Å². The summed E-state index contributed by atoms with van der Waals surface area (Å²) in [6, 6.07) is 6.06. The molecule has 0 amide bonds. The van der Waals surface area contributed by atoms with Gasteiger partial charge in [0.25, 0.3) is 0 Å². The Kier molecular flexibility index (Phi) is 3.10. The van der Waals surface area contributed by atoms with Crippen molar-refractivity contribution in [3.8, 4) is 5.75 Å². The van der Waals surface area contributed by atoms with Crippen molar-refractivity contribution in [3.63, 3.8) is 0 Å². The zero-order chi connectivity index (χ0) is 12.4. The summed E-state index contributed by atoms with van der Waals surface area (Å²) in [7, 11) is 3.12. The minimum Gasteiger partial charge on any atom is -0.494 e. The lowest BCUT2D eigenvalue weighted by Crippen LogP contribution is -2.07. The number of aliphatic hydroxyl groups is 1. The first-order chi connectivity index (χ1) is 8.13. The molecule has 1 heterocycles. The van der Waals surface area contributed by atoms with E-state index in [1.54, 1.807) is 30.1 Å². The molecule has 0 fully saturated rings. The Morgan fingerprint density at radius 2 is 2.18 bits per heavy atom. The van der Waals surface area contributed by atoms with Gasteiger partial charge in [-0.3, -0.25) is 4.68 Å². The Bertz CT molecular complexity index is 525. The predicted molar refractivity (Wildman–Crippen MR) is 60.2 cm³/mol. The number of aromatic nitrogens is 2. The highest BCUT2D eigenvalue weighted by molar-refractivity contribution is 5.33. The maximum absolute atomic E-state index is 13.5. The van der Waals surface area contributed by atoms with Gasteiger partial charge >= 0.3 is 0 Å². The number of halogens is 1. The highest BCUT2D eigenvalue weighted by Crippen LogP contribution is 2.25. The third-order valence-corrected chi connectivity index (χ3v) is 2.63. The van der Waals surface area contributed by atoms with Gasteiger partial charge < -0.3 is 9.84 Å². The van der Waals surface area contributed by atoms with Crippen LogP contribution >= 0.6 is 0 Å². The van der Waals surface area contributed by atoms with Gasteiger partial charge in [-0.25, -0.2) is 4.39 Å². The second-order valence-corrected chi connectivity index (χ2v) is 3.68. The summed E-state index contributed by atoms with van der Waals surface area (Å²) in [5, 5.41) is 14.0. The SMILES string of the molecule is COc1ccc(C(O)c2ccnn2C)cc1F. The molecule has 0 aliphatic heterocycles. The molecular formula is C12H13FN2O2. The van der Waals surface area contributed by atoms with Gasteiger partial charge in [-0.2, -0.15) is 5.10 Å². The number of benzene rings is 1. The monoisotopic (exact) mass is 236 g/mol. The third-order valence-electron chi connectivity index (χ3n) is 2.63. The van der Waals surface area contributed by atoms with Crippen molar-refractivity contribution in [3.05, 3.63) is 47.5 Å². The minimum absolute atomic E-state index is 0.158. The van der Waals surface area contributed by atoms with Gasteiger partial charge in [0.1, 0.15) is 6.10 Å². The average molecular weight is 236 g/mol. The Morgan fingerprint density at radius 1 is 1.41 bits per heavy atom. The molecule has 90 valence electrons. The van der Waals surface area contributed by atoms with E-state index in [1.165, 1.54) is 19.2 Å². The van der Waals surface area contributed by atoms with Crippen molar-refractivity contribution in [2.45, 2.75) is 6.10 Å². The fourth-order valence-corrected chi connectivity index (χ4v) is 1.68. The summed E-state index contributed by atoms with van der Waals surface area (Å²) in [5.74, 6) is -0.336. The van der Waals surface area contributed by atoms with E-state index in [-0.39, 0.29) is 5.75 Å². The number of aryl methyl sites for hydroxylation is 1. The largest absolute Gasteiger partial charge is 0.494 e. The average Bonchev–Trinajstić information content (AvgIpc) is 2.74. The molecule has 2 aromatic rings. The van der Waals surface area contributed by atoms with Crippen LogP contribution in [0.1, 0.15) is 17.4 Å². The molecule has 1 atom stereocenters. The fourth-order valence-electron chi connectivity index (χ4n) is 1.68. The predicted octanol–water partition coefficient (Wildman–Crippen LogP) is 1.65. The first-order valence-electron chi connectivity index (χ1n) is 5.13. The lowest BCUT2D eigenvalue weighted by Gasteiger charge is -2.12. The van der Waals surface area contributed by atoms with E-state index < -0.39 is 11.9 Å². The number of methoxy groups -OCH3 is 1. The van der Waals surface area contributed by atoms with Crippen LogP contribution in [0.25, 0.3) is 0 Å². The molecule has 0 aliphatic carbocycles.